The van der Waals surface area contributed by atoms with Gasteiger partial charge in [0.1, 0.15) is 6.10 Å². The Kier molecular flexibility index (Phi) is 8.00. The SMILES string of the molecule is O=C1C(=Cc2cc3sc4c(c3s2)C2(CCCCC2)C2=C4C3(CCCCC3)c3cc(/C=C4/C(=O)c5cc6cc7ccccc7cc6cc5C4O)sc32)C(=O)c2cc3cc4ccccc4cc3cc21. The van der Waals surface area contributed by atoms with Crippen molar-refractivity contribution in [3.8, 4) is 0 Å². The number of rotatable bonds is 2. The molecule has 6 aromatic carbocycles. The van der Waals surface area contributed by atoms with E-state index in [1.807, 2.05) is 83.4 Å². The molecular weight excluding hydrogens is 881 g/mol. The van der Waals surface area contributed by atoms with Gasteiger partial charge in [0.2, 0.25) is 0 Å². The minimum atomic E-state index is -0.975. The fraction of sp³-hybridized carbons (Fsp3) is 0.217. The van der Waals surface area contributed by atoms with Gasteiger partial charge in [-0.2, -0.15) is 0 Å². The van der Waals surface area contributed by atoms with E-state index in [0.29, 0.717) is 27.8 Å². The van der Waals surface area contributed by atoms with Gasteiger partial charge in [0.05, 0.1) is 10.3 Å². The number of aliphatic hydroxyl groups excluding tert-OH is 1. The first kappa shape index (κ1) is 39.0. The van der Waals surface area contributed by atoms with Crippen molar-refractivity contribution in [3.63, 3.8) is 0 Å². The Bertz CT molecular complexity index is 3830. The van der Waals surface area contributed by atoms with Crippen molar-refractivity contribution in [2.24, 2.45) is 0 Å². The summed E-state index contributed by atoms with van der Waals surface area (Å²) in [4.78, 5) is 47.3. The Morgan fingerprint density at radius 3 is 1.61 bits per heavy atom. The van der Waals surface area contributed by atoms with Crippen LogP contribution in [-0.4, -0.2) is 22.5 Å². The second-order valence-corrected chi connectivity index (χ2v) is 23.3. The van der Waals surface area contributed by atoms with Crippen molar-refractivity contribution in [3.05, 3.63) is 173 Å². The number of Topliss-reactive ketones (excluding diaryl/α,β-unsaturated/α-hetero) is 3. The monoisotopic (exact) mass is 922 g/mol. The van der Waals surface area contributed by atoms with Gasteiger partial charge in [-0.25, -0.2) is 0 Å². The number of thiophene rings is 3. The lowest BCUT2D eigenvalue weighted by molar-refractivity contribution is 0.0986. The molecule has 2 saturated carbocycles. The van der Waals surface area contributed by atoms with Crippen LogP contribution in [0.15, 0.2) is 120 Å². The van der Waals surface area contributed by atoms with Crippen molar-refractivity contribution < 1.29 is 19.5 Å². The number of hydrogen-bond acceptors (Lipinski definition) is 7. The second-order valence-electron chi connectivity index (χ2n) is 20.1. The van der Waals surface area contributed by atoms with Crippen LogP contribution < -0.4 is 0 Å². The van der Waals surface area contributed by atoms with E-state index >= 15 is 0 Å². The Labute approximate surface area is 398 Å². The molecule has 4 nitrogen and oxygen atoms in total. The molecule has 6 aliphatic rings. The molecule has 3 aromatic heterocycles. The van der Waals surface area contributed by atoms with Crippen LogP contribution in [0.5, 0.6) is 0 Å². The van der Waals surface area contributed by atoms with Crippen LogP contribution in [0.4, 0.5) is 0 Å². The molecule has 7 heteroatoms. The number of carbonyl (C=O) groups excluding carboxylic acids is 3. The van der Waals surface area contributed by atoms with Crippen molar-refractivity contribution in [2.75, 3.05) is 0 Å². The van der Waals surface area contributed by atoms with Gasteiger partial charge in [-0.1, -0.05) is 87.1 Å². The van der Waals surface area contributed by atoms with Gasteiger partial charge in [0.25, 0.3) is 0 Å². The molecule has 15 rings (SSSR count). The molecule has 67 heavy (non-hydrogen) atoms. The lowest BCUT2D eigenvalue weighted by Gasteiger charge is -2.37. The molecule has 1 atom stereocenters. The average molecular weight is 923 g/mol. The summed E-state index contributed by atoms with van der Waals surface area (Å²) >= 11 is 5.53. The smallest absolute Gasteiger partial charge is 0.197 e. The highest BCUT2D eigenvalue weighted by Crippen LogP contribution is 2.73. The maximum absolute atomic E-state index is 14.3. The highest BCUT2D eigenvalue weighted by Gasteiger charge is 2.59. The number of allylic oxidation sites excluding steroid dienone is 3. The summed E-state index contributed by atoms with van der Waals surface area (Å²) in [7, 11) is 0. The molecule has 0 aliphatic heterocycles. The minimum Gasteiger partial charge on any atom is -0.383 e. The molecule has 0 amide bonds. The quantitative estimate of drug-likeness (QED) is 0.107. The lowest BCUT2D eigenvalue weighted by atomic mass is 9.67. The van der Waals surface area contributed by atoms with Crippen LogP contribution in [0.1, 0.15) is 138 Å². The largest absolute Gasteiger partial charge is 0.383 e. The summed E-state index contributed by atoms with van der Waals surface area (Å²) in [5.74, 6) is -0.452. The minimum absolute atomic E-state index is 0.0749. The molecule has 6 aliphatic carbocycles. The van der Waals surface area contributed by atoms with E-state index < -0.39 is 6.10 Å². The third kappa shape index (κ3) is 5.23. The third-order valence-corrected chi connectivity index (χ3v) is 20.1. The summed E-state index contributed by atoms with van der Waals surface area (Å²) in [5.41, 5.74) is 8.91. The lowest BCUT2D eigenvalue weighted by Crippen LogP contribution is -2.28. The number of hydrogen-bond donors (Lipinski definition) is 1. The Balaban J connectivity index is 0.827. The fourth-order valence-electron chi connectivity index (χ4n) is 13.6. The van der Waals surface area contributed by atoms with E-state index in [-0.39, 0.29) is 33.8 Å². The van der Waals surface area contributed by atoms with Crippen LogP contribution in [0.25, 0.3) is 75.8 Å². The van der Waals surface area contributed by atoms with Crippen molar-refractivity contribution in [2.45, 2.75) is 81.1 Å². The van der Waals surface area contributed by atoms with E-state index in [0.717, 1.165) is 78.5 Å². The van der Waals surface area contributed by atoms with Gasteiger partial charge in [-0.05, 0) is 169 Å². The Morgan fingerprint density at radius 1 is 0.493 bits per heavy atom. The van der Waals surface area contributed by atoms with Crippen molar-refractivity contribution >= 4 is 127 Å². The summed E-state index contributed by atoms with van der Waals surface area (Å²) in [6, 6.07) is 37.5. The van der Waals surface area contributed by atoms with Crippen molar-refractivity contribution in [1.82, 2.24) is 0 Å². The zero-order valence-corrected chi connectivity index (χ0v) is 39.0. The predicted octanol–water partition coefficient (Wildman–Crippen LogP) is 15.8. The first-order chi connectivity index (χ1) is 32.8. The normalized spacial score (nSPS) is 20.7. The molecular formula is C60H42O4S3. The van der Waals surface area contributed by atoms with E-state index in [9.17, 15) is 19.5 Å². The molecule has 2 spiro atoms. The molecule has 2 fully saturated rings. The first-order valence-corrected chi connectivity index (χ1v) is 26.4. The molecule has 1 unspecified atom stereocenters. The number of fused-ring (bicyclic) bond motifs is 16. The van der Waals surface area contributed by atoms with Crippen LogP contribution in [0.3, 0.4) is 0 Å². The topological polar surface area (TPSA) is 71.4 Å². The molecule has 0 bridgehead atoms. The van der Waals surface area contributed by atoms with Crippen LogP contribution in [0, 0.1) is 0 Å². The molecule has 9 aromatic rings. The van der Waals surface area contributed by atoms with Gasteiger partial charge in [0, 0.05) is 57.3 Å². The van der Waals surface area contributed by atoms with Crippen molar-refractivity contribution in [1.29, 1.82) is 0 Å². The number of carbonyl (C=O) groups is 3. The first-order valence-electron chi connectivity index (χ1n) is 23.9. The molecule has 324 valence electrons. The summed E-state index contributed by atoms with van der Waals surface area (Å²) in [6.45, 7) is 0. The average Bonchev–Trinajstić information content (AvgIpc) is 4.20. The maximum atomic E-state index is 14.3. The van der Waals surface area contributed by atoms with E-state index in [1.165, 1.54) is 68.8 Å². The van der Waals surface area contributed by atoms with E-state index in [2.05, 4.69) is 60.7 Å². The zero-order chi connectivity index (χ0) is 44.5. The second kappa shape index (κ2) is 13.8. The van der Waals surface area contributed by atoms with Gasteiger partial charge >= 0.3 is 0 Å². The Morgan fingerprint density at radius 2 is 1.01 bits per heavy atom. The number of aliphatic hydroxyl groups is 1. The highest BCUT2D eigenvalue weighted by molar-refractivity contribution is 7.29. The summed E-state index contributed by atoms with van der Waals surface area (Å²) < 4.78 is 2.58. The van der Waals surface area contributed by atoms with Crippen LogP contribution in [-0.2, 0) is 10.8 Å². The van der Waals surface area contributed by atoms with Crippen LogP contribution in [0.2, 0.25) is 0 Å². The van der Waals surface area contributed by atoms with Gasteiger partial charge in [0.15, 0.2) is 17.3 Å². The molecule has 3 heterocycles. The number of benzene rings is 6. The Hall–Kier alpha value is -6.09. The molecule has 0 saturated heterocycles. The van der Waals surface area contributed by atoms with Gasteiger partial charge in [-0.3, -0.25) is 14.4 Å². The summed E-state index contributed by atoms with van der Waals surface area (Å²) in [5, 5.41) is 20.4. The standard InChI is InChI=1S/C60H42O4S3/c61-52-41-23-35-19-31-11-3-4-12-32(31)20-36(35)24-42(41)53(62)45(52)27-39-29-47-56(65-39)49-50(59(47)15-7-1-8-16-59)58-51(60(49)17-9-2-10-18-60)57-48(67-58)30-40(66-57)28-46-54(63)43-25-37-21-33-13-5-6-14-34(33)22-38(37)26-44(43)55(46)64/h3-6,11-14,19-30,52,61H,1-2,7-10,15-18H2/b45-27+. The molecule has 1 N–H and O–H groups in total. The van der Waals surface area contributed by atoms with Gasteiger partial charge < -0.3 is 5.11 Å². The summed E-state index contributed by atoms with van der Waals surface area (Å²) in [6.07, 6.45) is 14.6. The highest BCUT2D eigenvalue weighted by atomic mass is 32.1. The molecule has 0 radical (unpaired) electrons. The van der Waals surface area contributed by atoms with E-state index in [1.54, 1.807) is 22.5 Å². The van der Waals surface area contributed by atoms with E-state index in [4.69, 9.17) is 0 Å². The van der Waals surface area contributed by atoms with Crippen LogP contribution >= 0.6 is 34.0 Å². The predicted molar refractivity (Wildman–Crippen MR) is 277 cm³/mol. The fourth-order valence-corrected chi connectivity index (χ4v) is 17.9. The third-order valence-electron chi connectivity index (χ3n) is 16.6. The van der Waals surface area contributed by atoms with Gasteiger partial charge in [-0.15, -0.1) is 34.0 Å². The number of ketones is 3. The maximum Gasteiger partial charge on any atom is 0.197 e. The zero-order valence-electron chi connectivity index (χ0n) is 36.6.